The van der Waals surface area contributed by atoms with Gasteiger partial charge in [0.15, 0.2) is 0 Å². The summed E-state index contributed by atoms with van der Waals surface area (Å²) in [5, 5.41) is 12.3. The lowest BCUT2D eigenvalue weighted by Gasteiger charge is -2.32. The van der Waals surface area contributed by atoms with Gasteiger partial charge in [-0.05, 0) is 23.8 Å². The van der Waals surface area contributed by atoms with Gasteiger partial charge in [0.1, 0.15) is 0 Å². The van der Waals surface area contributed by atoms with Crippen molar-refractivity contribution in [2.45, 2.75) is 32.1 Å². The van der Waals surface area contributed by atoms with Crippen LogP contribution in [0.15, 0.2) is 29.4 Å². The van der Waals surface area contributed by atoms with Crippen LogP contribution in [0.25, 0.3) is 0 Å². The van der Waals surface area contributed by atoms with Gasteiger partial charge in [0, 0.05) is 5.56 Å². The Labute approximate surface area is 84.3 Å². The number of hydrogen-bond donors (Lipinski definition) is 1. The second-order valence-corrected chi connectivity index (χ2v) is 4.48. The SMILES string of the molecule is CC1(C)CC/C(=N/O)c2ccccc21. The third-order valence-corrected chi connectivity index (χ3v) is 3.07. The quantitative estimate of drug-likeness (QED) is 0.494. The molecule has 0 atom stereocenters. The smallest absolute Gasteiger partial charge is 0.0871 e. The normalized spacial score (nSPS) is 22.0. The van der Waals surface area contributed by atoms with E-state index in [4.69, 9.17) is 5.21 Å². The maximum Gasteiger partial charge on any atom is 0.0871 e. The molecule has 0 saturated heterocycles. The van der Waals surface area contributed by atoms with E-state index in [0.717, 1.165) is 24.1 Å². The van der Waals surface area contributed by atoms with Crippen molar-refractivity contribution in [2.75, 3.05) is 0 Å². The van der Waals surface area contributed by atoms with Crippen LogP contribution in [0, 0.1) is 0 Å². The Morgan fingerprint density at radius 3 is 2.71 bits per heavy atom. The summed E-state index contributed by atoms with van der Waals surface area (Å²) < 4.78 is 0. The molecule has 0 fully saturated rings. The van der Waals surface area contributed by atoms with Crippen molar-refractivity contribution in [1.29, 1.82) is 0 Å². The van der Waals surface area contributed by atoms with Gasteiger partial charge in [-0.15, -0.1) is 0 Å². The summed E-state index contributed by atoms with van der Waals surface area (Å²) >= 11 is 0. The van der Waals surface area contributed by atoms with Crippen LogP contribution in [0.2, 0.25) is 0 Å². The molecule has 1 aliphatic carbocycles. The van der Waals surface area contributed by atoms with E-state index in [-0.39, 0.29) is 5.41 Å². The molecule has 0 saturated carbocycles. The van der Waals surface area contributed by atoms with Gasteiger partial charge in [0.05, 0.1) is 5.71 Å². The van der Waals surface area contributed by atoms with E-state index in [9.17, 15) is 0 Å². The first-order valence-corrected chi connectivity index (χ1v) is 4.96. The average molecular weight is 189 g/mol. The van der Waals surface area contributed by atoms with Crippen LogP contribution in [-0.2, 0) is 5.41 Å². The Kier molecular flexibility index (Phi) is 2.06. The number of benzene rings is 1. The molecule has 14 heavy (non-hydrogen) atoms. The van der Waals surface area contributed by atoms with Crippen LogP contribution in [0.1, 0.15) is 37.8 Å². The Balaban J connectivity index is 2.61. The van der Waals surface area contributed by atoms with E-state index in [1.807, 2.05) is 18.2 Å². The van der Waals surface area contributed by atoms with Crippen LogP contribution >= 0.6 is 0 Å². The first-order valence-electron chi connectivity index (χ1n) is 4.96. The topological polar surface area (TPSA) is 32.6 Å². The number of fused-ring (bicyclic) bond motifs is 1. The molecule has 0 heterocycles. The van der Waals surface area contributed by atoms with E-state index in [0.29, 0.717) is 0 Å². The summed E-state index contributed by atoms with van der Waals surface area (Å²) in [6.45, 7) is 4.47. The second kappa shape index (κ2) is 3.12. The molecule has 2 nitrogen and oxygen atoms in total. The fourth-order valence-electron chi connectivity index (χ4n) is 2.13. The van der Waals surface area contributed by atoms with Gasteiger partial charge in [0.2, 0.25) is 0 Å². The fourth-order valence-corrected chi connectivity index (χ4v) is 2.13. The molecule has 2 rings (SSSR count). The zero-order valence-electron chi connectivity index (χ0n) is 8.62. The Morgan fingerprint density at radius 2 is 2.00 bits per heavy atom. The second-order valence-electron chi connectivity index (χ2n) is 4.48. The molecule has 0 amide bonds. The van der Waals surface area contributed by atoms with Crippen molar-refractivity contribution in [3.05, 3.63) is 35.4 Å². The van der Waals surface area contributed by atoms with Crippen molar-refractivity contribution in [3.63, 3.8) is 0 Å². The molecule has 0 bridgehead atoms. The van der Waals surface area contributed by atoms with Gasteiger partial charge in [-0.25, -0.2) is 0 Å². The molecule has 1 aromatic carbocycles. The van der Waals surface area contributed by atoms with Crippen LogP contribution in [0.4, 0.5) is 0 Å². The molecule has 1 aliphatic rings. The third kappa shape index (κ3) is 1.31. The molecule has 2 heteroatoms. The summed E-state index contributed by atoms with van der Waals surface area (Å²) in [7, 11) is 0. The lowest BCUT2D eigenvalue weighted by molar-refractivity contribution is 0.315. The zero-order chi connectivity index (χ0) is 10.2. The minimum Gasteiger partial charge on any atom is -0.411 e. The molecule has 1 aromatic rings. The number of hydrogen-bond acceptors (Lipinski definition) is 2. The fraction of sp³-hybridized carbons (Fsp3) is 0.417. The molecule has 0 spiro atoms. The van der Waals surface area contributed by atoms with Crippen LogP contribution in [-0.4, -0.2) is 10.9 Å². The highest BCUT2D eigenvalue weighted by molar-refractivity contribution is 6.02. The molecule has 74 valence electrons. The van der Waals surface area contributed by atoms with Gasteiger partial charge in [-0.3, -0.25) is 0 Å². The summed E-state index contributed by atoms with van der Waals surface area (Å²) in [6, 6.07) is 8.19. The largest absolute Gasteiger partial charge is 0.411 e. The van der Waals surface area contributed by atoms with Crippen molar-refractivity contribution < 1.29 is 5.21 Å². The highest BCUT2D eigenvalue weighted by Gasteiger charge is 2.30. The standard InChI is InChI=1S/C12H15NO/c1-12(2)8-7-11(13-14)9-5-3-4-6-10(9)12/h3-6,14H,7-8H2,1-2H3/b13-11-. The van der Waals surface area contributed by atoms with Crippen LogP contribution < -0.4 is 0 Å². The lowest BCUT2D eigenvalue weighted by Crippen LogP contribution is -2.27. The average Bonchev–Trinajstić information content (AvgIpc) is 2.18. The van der Waals surface area contributed by atoms with E-state index < -0.39 is 0 Å². The van der Waals surface area contributed by atoms with Gasteiger partial charge in [-0.1, -0.05) is 43.3 Å². The van der Waals surface area contributed by atoms with Crippen molar-refractivity contribution >= 4 is 5.71 Å². The van der Waals surface area contributed by atoms with Gasteiger partial charge in [-0.2, -0.15) is 0 Å². The van der Waals surface area contributed by atoms with E-state index in [1.54, 1.807) is 0 Å². The predicted octanol–water partition coefficient (Wildman–Crippen LogP) is 2.94. The minimum absolute atomic E-state index is 0.199. The first-order chi connectivity index (χ1) is 6.65. The molecule has 0 aromatic heterocycles. The highest BCUT2D eigenvalue weighted by Crippen LogP contribution is 2.36. The Hall–Kier alpha value is -1.31. The third-order valence-electron chi connectivity index (χ3n) is 3.07. The maximum absolute atomic E-state index is 8.90. The summed E-state index contributed by atoms with van der Waals surface area (Å²) in [6.07, 6.45) is 1.91. The molecular weight excluding hydrogens is 174 g/mol. The highest BCUT2D eigenvalue weighted by atomic mass is 16.4. The van der Waals surface area contributed by atoms with Gasteiger partial charge < -0.3 is 5.21 Å². The van der Waals surface area contributed by atoms with Crippen LogP contribution in [0.3, 0.4) is 0 Å². The van der Waals surface area contributed by atoms with Crippen molar-refractivity contribution in [1.82, 2.24) is 0 Å². The van der Waals surface area contributed by atoms with Gasteiger partial charge in [0.25, 0.3) is 0 Å². The molecule has 0 unspecified atom stereocenters. The maximum atomic E-state index is 8.90. The summed E-state index contributed by atoms with van der Waals surface area (Å²) in [4.78, 5) is 0. The lowest BCUT2D eigenvalue weighted by atomic mass is 9.72. The number of rotatable bonds is 0. The van der Waals surface area contributed by atoms with E-state index in [2.05, 4.69) is 25.1 Å². The monoisotopic (exact) mass is 189 g/mol. The zero-order valence-corrected chi connectivity index (χ0v) is 8.62. The first kappa shape index (κ1) is 9.25. The molecule has 1 N–H and O–H groups in total. The number of oxime groups is 1. The summed E-state index contributed by atoms with van der Waals surface area (Å²) in [5.74, 6) is 0. The van der Waals surface area contributed by atoms with E-state index >= 15 is 0 Å². The van der Waals surface area contributed by atoms with Crippen LogP contribution in [0.5, 0.6) is 0 Å². The molecule has 0 radical (unpaired) electrons. The Morgan fingerprint density at radius 1 is 1.29 bits per heavy atom. The Bertz CT molecular complexity index is 380. The van der Waals surface area contributed by atoms with Gasteiger partial charge >= 0.3 is 0 Å². The molecule has 0 aliphatic heterocycles. The van der Waals surface area contributed by atoms with Crippen molar-refractivity contribution in [3.8, 4) is 0 Å². The van der Waals surface area contributed by atoms with Crippen molar-refractivity contribution in [2.24, 2.45) is 5.16 Å². The molecular formula is C12H15NO. The number of nitrogens with zero attached hydrogens (tertiary/aromatic N) is 1. The van der Waals surface area contributed by atoms with E-state index in [1.165, 1.54) is 5.56 Å². The predicted molar refractivity (Wildman–Crippen MR) is 57.0 cm³/mol. The minimum atomic E-state index is 0.199. The summed E-state index contributed by atoms with van der Waals surface area (Å²) in [5.41, 5.74) is 3.41.